The summed E-state index contributed by atoms with van der Waals surface area (Å²) in [6, 6.07) is 0.0448. The molecule has 0 bridgehead atoms. The maximum absolute atomic E-state index is 11.3. The van der Waals surface area contributed by atoms with Crippen LogP contribution in [-0.2, 0) is 9.59 Å². The molecule has 0 aliphatic heterocycles. The van der Waals surface area contributed by atoms with Gasteiger partial charge < -0.3 is 10.4 Å². The van der Waals surface area contributed by atoms with Crippen LogP contribution in [0.15, 0.2) is 12.7 Å². The molecule has 0 heterocycles. The van der Waals surface area contributed by atoms with E-state index in [9.17, 15) is 9.59 Å². The van der Waals surface area contributed by atoms with Crippen LogP contribution >= 0.6 is 0 Å². The Bertz CT molecular complexity index is 263. The topological polar surface area (TPSA) is 66.4 Å². The third kappa shape index (κ3) is 3.73. The van der Waals surface area contributed by atoms with E-state index in [1.165, 1.54) is 0 Å². The highest BCUT2D eigenvalue weighted by atomic mass is 16.4. The molecule has 15 heavy (non-hydrogen) atoms. The molecule has 0 radical (unpaired) electrons. The van der Waals surface area contributed by atoms with Gasteiger partial charge in [-0.25, -0.2) is 0 Å². The van der Waals surface area contributed by atoms with Crippen molar-refractivity contribution in [3.63, 3.8) is 0 Å². The summed E-state index contributed by atoms with van der Waals surface area (Å²) in [5.74, 6) is -1.04. The fraction of sp³-hybridized carbons (Fsp3) is 0.636. The molecule has 1 aliphatic rings. The van der Waals surface area contributed by atoms with Gasteiger partial charge in [0.2, 0.25) is 5.91 Å². The van der Waals surface area contributed by atoms with Gasteiger partial charge in [-0.2, -0.15) is 0 Å². The summed E-state index contributed by atoms with van der Waals surface area (Å²) in [6.07, 6.45) is 4.82. The SMILES string of the molecule is C=CCCC(=O)NC1CCC(C(=O)O)C1. The smallest absolute Gasteiger partial charge is 0.306 e. The predicted molar refractivity (Wildman–Crippen MR) is 56.3 cm³/mol. The van der Waals surface area contributed by atoms with Crippen LogP contribution in [0.25, 0.3) is 0 Å². The number of nitrogens with one attached hydrogen (secondary N) is 1. The van der Waals surface area contributed by atoms with E-state index in [2.05, 4.69) is 11.9 Å². The quantitative estimate of drug-likeness (QED) is 0.674. The fourth-order valence-electron chi connectivity index (χ4n) is 1.87. The molecule has 2 unspecified atom stereocenters. The van der Waals surface area contributed by atoms with Gasteiger partial charge in [0.05, 0.1) is 5.92 Å². The second-order valence-electron chi connectivity index (χ2n) is 3.94. The Morgan fingerprint density at radius 3 is 2.73 bits per heavy atom. The minimum absolute atomic E-state index is 0.00839. The average Bonchev–Trinajstić information content (AvgIpc) is 2.63. The maximum Gasteiger partial charge on any atom is 0.306 e. The molecule has 1 rings (SSSR count). The van der Waals surface area contributed by atoms with Gasteiger partial charge in [0, 0.05) is 12.5 Å². The number of carboxylic acids is 1. The van der Waals surface area contributed by atoms with Crippen molar-refractivity contribution in [3.05, 3.63) is 12.7 Å². The minimum Gasteiger partial charge on any atom is -0.481 e. The summed E-state index contributed by atoms with van der Waals surface area (Å²) in [5, 5.41) is 11.6. The van der Waals surface area contributed by atoms with Crippen LogP contribution in [0.4, 0.5) is 0 Å². The van der Waals surface area contributed by atoms with Crippen LogP contribution in [0.2, 0.25) is 0 Å². The van der Waals surface area contributed by atoms with Gasteiger partial charge in [0.1, 0.15) is 0 Å². The van der Waals surface area contributed by atoms with Crippen molar-refractivity contribution < 1.29 is 14.7 Å². The molecule has 0 aromatic carbocycles. The van der Waals surface area contributed by atoms with Crippen molar-refractivity contribution in [3.8, 4) is 0 Å². The van der Waals surface area contributed by atoms with Crippen molar-refractivity contribution in [2.24, 2.45) is 5.92 Å². The number of hydrogen-bond donors (Lipinski definition) is 2. The molecule has 0 spiro atoms. The molecular weight excluding hydrogens is 194 g/mol. The lowest BCUT2D eigenvalue weighted by atomic mass is 10.1. The summed E-state index contributed by atoms with van der Waals surface area (Å²) in [5.41, 5.74) is 0. The average molecular weight is 211 g/mol. The van der Waals surface area contributed by atoms with Crippen LogP contribution < -0.4 is 5.32 Å². The molecule has 1 amide bonds. The van der Waals surface area contributed by atoms with E-state index in [0.29, 0.717) is 25.7 Å². The third-order valence-corrected chi connectivity index (χ3v) is 2.72. The molecule has 1 saturated carbocycles. The summed E-state index contributed by atoms with van der Waals surface area (Å²) in [6.45, 7) is 3.54. The zero-order chi connectivity index (χ0) is 11.3. The van der Waals surface area contributed by atoms with Crippen molar-refractivity contribution in [2.45, 2.75) is 38.1 Å². The number of hydrogen-bond acceptors (Lipinski definition) is 2. The van der Waals surface area contributed by atoms with E-state index in [4.69, 9.17) is 5.11 Å². The predicted octanol–water partition coefficient (Wildman–Crippen LogP) is 1.32. The van der Waals surface area contributed by atoms with E-state index >= 15 is 0 Å². The fourth-order valence-corrected chi connectivity index (χ4v) is 1.87. The largest absolute Gasteiger partial charge is 0.481 e. The molecule has 1 aliphatic carbocycles. The maximum atomic E-state index is 11.3. The molecule has 0 aromatic heterocycles. The molecule has 0 saturated heterocycles. The van der Waals surface area contributed by atoms with Gasteiger partial charge in [-0.1, -0.05) is 6.08 Å². The third-order valence-electron chi connectivity index (χ3n) is 2.72. The molecule has 84 valence electrons. The van der Waals surface area contributed by atoms with Gasteiger partial charge in [-0.15, -0.1) is 6.58 Å². The Balaban J connectivity index is 2.26. The molecule has 0 aromatic rings. The second kappa shape index (κ2) is 5.53. The lowest BCUT2D eigenvalue weighted by molar-refractivity contribution is -0.141. The normalized spacial score (nSPS) is 24.8. The zero-order valence-corrected chi connectivity index (χ0v) is 8.74. The highest BCUT2D eigenvalue weighted by Gasteiger charge is 2.30. The number of amides is 1. The summed E-state index contributed by atoms with van der Waals surface area (Å²) < 4.78 is 0. The lowest BCUT2D eigenvalue weighted by Gasteiger charge is -2.11. The van der Waals surface area contributed by atoms with Crippen LogP contribution in [0.1, 0.15) is 32.1 Å². The van der Waals surface area contributed by atoms with Crippen LogP contribution in [0.5, 0.6) is 0 Å². The molecular formula is C11H17NO3. The molecule has 1 fully saturated rings. The standard InChI is InChI=1S/C11H17NO3/c1-2-3-4-10(13)12-9-6-5-8(7-9)11(14)15/h2,8-9H,1,3-7H2,(H,12,13)(H,14,15). The first-order valence-corrected chi connectivity index (χ1v) is 5.26. The Morgan fingerprint density at radius 1 is 1.47 bits per heavy atom. The molecule has 2 N–H and O–H groups in total. The number of rotatable bonds is 5. The van der Waals surface area contributed by atoms with E-state index < -0.39 is 5.97 Å². The zero-order valence-electron chi connectivity index (χ0n) is 8.74. The van der Waals surface area contributed by atoms with Crippen LogP contribution in [-0.4, -0.2) is 23.0 Å². The van der Waals surface area contributed by atoms with Gasteiger partial charge in [-0.05, 0) is 25.7 Å². The highest BCUT2D eigenvalue weighted by molar-refractivity contribution is 5.76. The van der Waals surface area contributed by atoms with Gasteiger partial charge in [0.15, 0.2) is 0 Å². The molecule has 4 nitrogen and oxygen atoms in total. The number of aliphatic carboxylic acids is 1. The van der Waals surface area contributed by atoms with Gasteiger partial charge in [0.25, 0.3) is 0 Å². The lowest BCUT2D eigenvalue weighted by Crippen LogP contribution is -2.33. The van der Waals surface area contributed by atoms with Crippen molar-refractivity contribution in [1.82, 2.24) is 5.32 Å². The first-order chi connectivity index (χ1) is 7.13. The highest BCUT2D eigenvalue weighted by Crippen LogP contribution is 2.25. The Labute approximate surface area is 89.4 Å². The summed E-state index contributed by atoms with van der Waals surface area (Å²) >= 11 is 0. The number of carboxylic acid groups (broad SMARTS) is 1. The van der Waals surface area contributed by atoms with Crippen LogP contribution in [0, 0.1) is 5.92 Å². The van der Waals surface area contributed by atoms with Crippen molar-refractivity contribution >= 4 is 11.9 Å². The van der Waals surface area contributed by atoms with E-state index in [-0.39, 0.29) is 17.9 Å². The van der Waals surface area contributed by atoms with E-state index in [1.54, 1.807) is 6.08 Å². The van der Waals surface area contributed by atoms with E-state index in [0.717, 1.165) is 6.42 Å². The first kappa shape index (κ1) is 11.8. The molecule has 4 heteroatoms. The minimum atomic E-state index is -0.752. The summed E-state index contributed by atoms with van der Waals surface area (Å²) in [7, 11) is 0. The van der Waals surface area contributed by atoms with E-state index in [1.807, 2.05) is 0 Å². The number of carbonyl (C=O) groups is 2. The summed E-state index contributed by atoms with van der Waals surface area (Å²) in [4.78, 5) is 22.0. The number of allylic oxidation sites excluding steroid dienone is 1. The second-order valence-corrected chi connectivity index (χ2v) is 3.94. The van der Waals surface area contributed by atoms with Gasteiger partial charge in [-0.3, -0.25) is 9.59 Å². The Hall–Kier alpha value is -1.32. The molecule has 2 atom stereocenters. The first-order valence-electron chi connectivity index (χ1n) is 5.26. The van der Waals surface area contributed by atoms with Crippen molar-refractivity contribution in [1.29, 1.82) is 0 Å². The Kier molecular flexibility index (Phi) is 4.34. The van der Waals surface area contributed by atoms with Gasteiger partial charge >= 0.3 is 5.97 Å². The van der Waals surface area contributed by atoms with Crippen molar-refractivity contribution in [2.75, 3.05) is 0 Å². The number of carbonyl (C=O) groups excluding carboxylic acids is 1. The monoisotopic (exact) mass is 211 g/mol. The van der Waals surface area contributed by atoms with Crippen LogP contribution in [0.3, 0.4) is 0 Å². The Morgan fingerprint density at radius 2 is 2.20 bits per heavy atom.